The second-order valence-electron chi connectivity index (χ2n) is 8.89. The van der Waals surface area contributed by atoms with Crippen molar-refractivity contribution in [2.75, 3.05) is 36.1 Å². The number of sulfone groups is 1. The fraction of sp³-hybridized carbons (Fsp3) is 0.591. The van der Waals surface area contributed by atoms with Crippen LogP contribution in [0.1, 0.15) is 51.3 Å². The van der Waals surface area contributed by atoms with Gasteiger partial charge in [0.05, 0.1) is 10.6 Å². The normalized spacial score (nSPS) is 21.0. The van der Waals surface area contributed by atoms with Crippen molar-refractivity contribution in [1.29, 1.82) is 0 Å². The summed E-state index contributed by atoms with van der Waals surface area (Å²) in [5.74, 6) is 0.731. The minimum absolute atomic E-state index is 0.0568. The summed E-state index contributed by atoms with van der Waals surface area (Å²) in [5, 5.41) is 7.07. The van der Waals surface area contributed by atoms with Gasteiger partial charge in [0, 0.05) is 37.8 Å². The lowest BCUT2D eigenvalue weighted by Crippen LogP contribution is -2.47. The molecule has 1 aromatic carbocycles. The van der Waals surface area contributed by atoms with Gasteiger partial charge in [0.15, 0.2) is 9.84 Å². The molecule has 0 aliphatic carbocycles. The molecule has 0 saturated carbocycles. The third-order valence-electron chi connectivity index (χ3n) is 6.59. The SMILES string of the molecule is CCC(C)c1nc(N2CCC(N3CC[C@H](Nc4ccc(S(C)(=O)=O)cc4F)C3=O)CC2)no1. The van der Waals surface area contributed by atoms with Gasteiger partial charge in [0.25, 0.3) is 5.95 Å². The van der Waals surface area contributed by atoms with E-state index in [0.717, 1.165) is 44.7 Å². The van der Waals surface area contributed by atoms with Crippen molar-refractivity contribution in [3.05, 3.63) is 29.9 Å². The number of benzene rings is 1. The van der Waals surface area contributed by atoms with Crippen LogP contribution in [-0.4, -0.2) is 67.3 Å². The van der Waals surface area contributed by atoms with E-state index in [4.69, 9.17) is 4.52 Å². The molecule has 1 aromatic heterocycles. The van der Waals surface area contributed by atoms with Crippen LogP contribution in [0.25, 0.3) is 0 Å². The number of carbonyl (C=O) groups is 1. The van der Waals surface area contributed by atoms with Crippen LogP contribution in [0, 0.1) is 5.82 Å². The standard InChI is InChI=1S/C22H30FN5O4S/c1-4-14(2)20-25-22(26-32-20)27-10-7-15(8-11-27)28-12-9-19(21(28)29)24-18-6-5-16(13-17(18)23)33(3,30)31/h5-6,13-15,19,24H,4,7-12H2,1-3H3/t14?,19-/m0/s1. The summed E-state index contributed by atoms with van der Waals surface area (Å²) in [4.78, 5) is 21.4. The van der Waals surface area contributed by atoms with Crippen molar-refractivity contribution in [2.45, 2.75) is 62.4 Å². The molecule has 0 spiro atoms. The lowest BCUT2D eigenvalue weighted by Gasteiger charge is -2.36. The molecule has 1 amide bonds. The second-order valence-corrected chi connectivity index (χ2v) is 10.9. The van der Waals surface area contributed by atoms with E-state index in [0.29, 0.717) is 24.8 Å². The number of halogens is 1. The molecule has 2 aliphatic rings. The van der Waals surface area contributed by atoms with E-state index < -0.39 is 21.7 Å². The third-order valence-corrected chi connectivity index (χ3v) is 7.70. The molecule has 1 unspecified atom stereocenters. The van der Waals surface area contributed by atoms with E-state index in [1.54, 1.807) is 0 Å². The summed E-state index contributed by atoms with van der Waals surface area (Å²) < 4.78 is 43.0. The molecule has 11 heteroatoms. The monoisotopic (exact) mass is 479 g/mol. The predicted octanol–water partition coefficient (Wildman–Crippen LogP) is 2.81. The van der Waals surface area contributed by atoms with Crippen LogP contribution in [0.2, 0.25) is 0 Å². The molecule has 33 heavy (non-hydrogen) atoms. The molecule has 2 aromatic rings. The number of amides is 1. The van der Waals surface area contributed by atoms with Crippen molar-refractivity contribution >= 4 is 27.4 Å². The zero-order valence-corrected chi connectivity index (χ0v) is 19.9. The molecule has 3 heterocycles. The Morgan fingerprint density at radius 1 is 1.24 bits per heavy atom. The zero-order valence-electron chi connectivity index (χ0n) is 19.1. The van der Waals surface area contributed by atoms with Gasteiger partial charge < -0.3 is 19.6 Å². The Kier molecular flexibility index (Phi) is 6.60. The Hall–Kier alpha value is -2.69. The Bertz CT molecular complexity index is 1110. The number of piperidine rings is 1. The smallest absolute Gasteiger partial charge is 0.266 e. The predicted molar refractivity (Wildman–Crippen MR) is 121 cm³/mol. The van der Waals surface area contributed by atoms with Gasteiger partial charge in [-0.15, -0.1) is 0 Å². The lowest BCUT2D eigenvalue weighted by atomic mass is 10.0. The summed E-state index contributed by atoms with van der Waals surface area (Å²) in [5.41, 5.74) is 0.131. The number of nitrogens with one attached hydrogen (secondary N) is 1. The third kappa shape index (κ3) is 4.97. The number of likely N-dealkylation sites (tertiary alicyclic amines) is 1. The minimum Gasteiger partial charge on any atom is -0.371 e. The van der Waals surface area contributed by atoms with E-state index in [9.17, 15) is 17.6 Å². The molecule has 2 aliphatic heterocycles. The first kappa shape index (κ1) is 23.5. The van der Waals surface area contributed by atoms with Gasteiger partial charge in [-0.3, -0.25) is 4.79 Å². The maximum absolute atomic E-state index is 14.4. The zero-order chi connectivity index (χ0) is 23.8. The van der Waals surface area contributed by atoms with E-state index in [2.05, 4.69) is 34.2 Å². The Labute approximate surface area is 193 Å². The maximum Gasteiger partial charge on any atom is 0.266 e. The minimum atomic E-state index is -3.49. The number of hydrogen-bond donors (Lipinski definition) is 1. The number of aromatic nitrogens is 2. The summed E-state index contributed by atoms with van der Waals surface area (Å²) >= 11 is 0. The van der Waals surface area contributed by atoms with Gasteiger partial charge in [-0.05, 0) is 49.0 Å². The first-order chi connectivity index (χ1) is 15.7. The quantitative estimate of drug-likeness (QED) is 0.646. The van der Waals surface area contributed by atoms with Crippen molar-refractivity contribution in [2.24, 2.45) is 0 Å². The molecular formula is C22H30FN5O4S. The van der Waals surface area contributed by atoms with Crippen molar-refractivity contribution in [1.82, 2.24) is 15.0 Å². The van der Waals surface area contributed by atoms with Gasteiger partial charge in [-0.25, -0.2) is 12.8 Å². The highest BCUT2D eigenvalue weighted by Gasteiger charge is 2.38. The van der Waals surface area contributed by atoms with Crippen LogP contribution < -0.4 is 10.2 Å². The molecule has 2 atom stereocenters. The molecule has 2 fully saturated rings. The van der Waals surface area contributed by atoms with Crippen LogP contribution in [0.15, 0.2) is 27.6 Å². The average molecular weight is 480 g/mol. The highest BCUT2D eigenvalue weighted by molar-refractivity contribution is 7.90. The Balaban J connectivity index is 1.34. The van der Waals surface area contributed by atoms with Crippen LogP contribution in [0.3, 0.4) is 0 Å². The van der Waals surface area contributed by atoms with Gasteiger partial charge >= 0.3 is 0 Å². The summed E-state index contributed by atoms with van der Waals surface area (Å²) in [6, 6.07) is 3.28. The van der Waals surface area contributed by atoms with Crippen molar-refractivity contribution in [3.63, 3.8) is 0 Å². The lowest BCUT2D eigenvalue weighted by molar-refractivity contribution is -0.130. The summed E-state index contributed by atoms with van der Waals surface area (Å²) in [6.45, 7) is 6.19. The molecule has 0 radical (unpaired) electrons. The van der Waals surface area contributed by atoms with E-state index in [1.807, 2.05) is 4.90 Å². The maximum atomic E-state index is 14.4. The Morgan fingerprint density at radius 3 is 2.61 bits per heavy atom. The number of anilines is 2. The summed E-state index contributed by atoms with van der Waals surface area (Å²) in [6.07, 6.45) is 4.12. The van der Waals surface area contributed by atoms with Gasteiger partial charge in [-0.2, -0.15) is 4.98 Å². The van der Waals surface area contributed by atoms with Crippen molar-refractivity contribution < 1.29 is 22.1 Å². The first-order valence-corrected chi connectivity index (χ1v) is 13.2. The highest BCUT2D eigenvalue weighted by Crippen LogP contribution is 2.28. The van der Waals surface area contributed by atoms with Crippen LogP contribution in [-0.2, 0) is 14.6 Å². The molecular weight excluding hydrogens is 449 g/mol. The molecule has 0 bridgehead atoms. The van der Waals surface area contributed by atoms with Crippen LogP contribution in [0.5, 0.6) is 0 Å². The van der Waals surface area contributed by atoms with E-state index >= 15 is 0 Å². The van der Waals surface area contributed by atoms with Gasteiger partial charge in [0.2, 0.25) is 11.8 Å². The van der Waals surface area contributed by atoms with E-state index in [-0.39, 0.29) is 28.4 Å². The Morgan fingerprint density at radius 2 is 1.97 bits per heavy atom. The summed E-state index contributed by atoms with van der Waals surface area (Å²) in [7, 11) is -3.49. The average Bonchev–Trinajstić information content (AvgIpc) is 3.42. The number of carbonyl (C=O) groups excluding carboxylic acids is 1. The second kappa shape index (κ2) is 9.28. The topological polar surface area (TPSA) is 109 Å². The molecule has 2 saturated heterocycles. The van der Waals surface area contributed by atoms with Crippen LogP contribution in [0.4, 0.5) is 16.0 Å². The number of hydrogen-bond acceptors (Lipinski definition) is 8. The molecule has 4 rings (SSSR count). The fourth-order valence-corrected chi connectivity index (χ4v) is 4.97. The van der Waals surface area contributed by atoms with Gasteiger partial charge in [0.1, 0.15) is 11.9 Å². The fourth-order valence-electron chi connectivity index (χ4n) is 4.34. The molecule has 1 N–H and O–H groups in total. The highest BCUT2D eigenvalue weighted by atomic mass is 32.2. The van der Waals surface area contributed by atoms with Crippen molar-refractivity contribution in [3.8, 4) is 0 Å². The van der Waals surface area contributed by atoms with Crippen LogP contribution >= 0.6 is 0 Å². The largest absolute Gasteiger partial charge is 0.371 e. The van der Waals surface area contributed by atoms with E-state index in [1.165, 1.54) is 12.1 Å². The van der Waals surface area contributed by atoms with Gasteiger partial charge in [-0.1, -0.05) is 13.8 Å². The molecule has 180 valence electrons. The number of rotatable bonds is 7. The first-order valence-electron chi connectivity index (χ1n) is 11.3. The number of nitrogens with zero attached hydrogens (tertiary/aromatic N) is 4. The molecule has 9 nitrogen and oxygen atoms in total.